The molecule has 2 aliphatic heterocycles. The molecule has 1 aromatic heterocycles. The Balaban J connectivity index is 1.44. The van der Waals surface area contributed by atoms with Gasteiger partial charge in [0.05, 0.1) is 30.8 Å². The maximum atomic E-state index is 13.4. The van der Waals surface area contributed by atoms with Crippen molar-refractivity contribution in [3.05, 3.63) is 70.4 Å². The van der Waals surface area contributed by atoms with Crippen molar-refractivity contribution in [2.24, 2.45) is 0 Å². The van der Waals surface area contributed by atoms with Gasteiger partial charge in [0.25, 0.3) is 5.91 Å². The second-order valence-electron chi connectivity index (χ2n) is 7.97. The largest absolute Gasteiger partial charge is 0.378 e. The number of nitrogens with zero attached hydrogens (tertiary/aromatic N) is 2. The second-order valence-corrected chi connectivity index (χ2v) is 9.02. The summed E-state index contributed by atoms with van der Waals surface area (Å²) in [6.07, 6.45) is -0.176. The summed E-state index contributed by atoms with van der Waals surface area (Å²) >= 11 is 1.55. The van der Waals surface area contributed by atoms with Crippen LogP contribution in [0.1, 0.15) is 26.9 Å². The summed E-state index contributed by atoms with van der Waals surface area (Å²) in [6, 6.07) is 14.8. The molecule has 7 heteroatoms. The van der Waals surface area contributed by atoms with Crippen LogP contribution in [0.25, 0.3) is 10.1 Å². The first kappa shape index (κ1) is 20.6. The van der Waals surface area contributed by atoms with E-state index < -0.39 is 0 Å². The van der Waals surface area contributed by atoms with Crippen LogP contribution >= 0.6 is 11.3 Å². The number of rotatable bonds is 4. The molecule has 5 nitrogen and oxygen atoms in total. The van der Waals surface area contributed by atoms with Gasteiger partial charge >= 0.3 is 0 Å². The summed E-state index contributed by atoms with van der Waals surface area (Å²) in [6.45, 7) is 5.23. The summed E-state index contributed by atoms with van der Waals surface area (Å²) in [5, 5.41) is 1.10. The van der Waals surface area contributed by atoms with Crippen LogP contribution in [-0.2, 0) is 16.0 Å². The maximum absolute atomic E-state index is 13.4. The number of carbonyl (C=O) groups excluding carboxylic acids is 1. The molecular weight excluding hydrogens is 415 g/mol. The topological polar surface area (TPSA) is 42.0 Å². The monoisotopic (exact) mass is 440 g/mol. The average molecular weight is 441 g/mol. The van der Waals surface area contributed by atoms with Gasteiger partial charge in [0.15, 0.2) is 0 Å². The first-order valence-electron chi connectivity index (χ1n) is 10.7. The molecule has 0 radical (unpaired) electrons. The lowest BCUT2D eigenvalue weighted by molar-refractivity contribution is -0.0325. The molecule has 3 aromatic rings. The molecule has 2 fully saturated rings. The lowest BCUT2D eigenvalue weighted by atomic mass is 10.0. The van der Waals surface area contributed by atoms with Crippen molar-refractivity contribution in [2.75, 3.05) is 46.0 Å². The van der Waals surface area contributed by atoms with Crippen LogP contribution in [0.5, 0.6) is 0 Å². The third kappa shape index (κ3) is 4.36. The molecule has 0 bridgehead atoms. The van der Waals surface area contributed by atoms with Gasteiger partial charge in [-0.1, -0.05) is 30.3 Å². The number of fused-ring (bicyclic) bond motifs is 1. The van der Waals surface area contributed by atoms with Crippen LogP contribution in [0, 0.1) is 5.82 Å². The Morgan fingerprint density at radius 1 is 1.03 bits per heavy atom. The highest BCUT2D eigenvalue weighted by molar-refractivity contribution is 7.21. The summed E-state index contributed by atoms with van der Waals surface area (Å²) in [4.78, 5) is 18.4. The number of amides is 1. The molecule has 2 aromatic carbocycles. The van der Waals surface area contributed by atoms with E-state index in [1.807, 2.05) is 29.2 Å². The molecule has 31 heavy (non-hydrogen) atoms. The van der Waals surface area contributed by atoms with Crippen LogP contribution in [0.2, 0.25) is 0 Å². The SMILES string of the molecule is O=C(c1sc2ccccc2c1[C@H]1CN(Cc2ccc(F)cc2)CCO1)N1CCOCC1. The first-order chi connectivity index (χ1) is 15.2. The zero-order chi connectivity index (χ0) is 21.2. The van der Waals surface area contributed by atoms with Crippen molar-refractivity contribution in [1.29, 1.82) is 0 Å². The zero-order valence-corrected chi connectivity index (χ0v) is 18.1. The van der Waals surface area contributed by atoms with E-state index in [4.69, 9.17) is 9.47 Å². The van der Waals surface area contributed by atoms with E-state index in [2.05, 4.69) is 17.0 Å². The molecule has 5 rings (SSSR count). The minimum Gasteiger partial charge on any atom is -0.378 e. The Hall–Kier alpha value is -2.32. The molecule has 1 amide bonds. The molecule has 2 saturated heterocycles. The number of thiophene rings is 1. The highest BCUT2D eigenvalue weighted by atomic mass is 32.1. The molecule has 0 spiro atoms. The van der Waals surface area contributed by atoms with Gasteiger partial charge in [-0.2, -0.15) is 0 Å². The molecule has 0 N–H and O–H groups in total. The third-order valence-corrected chi connectivity index (χ3v) is 7.09. The number of benzene rings is 2. The van der Waals surface area contributed by atoms with E-state index in [1.165, 1.54) is 12.1 Å². The van der Waals surface area contributed by atoms with E-state index in [0.29, 0.717) is 39.5 Å². The quantitative estimate of drug-likeness (QED) is 0.613. The number of hydrogen-bond donors (Lipinski definition) is 0. The van der Waals surface area contributed by atoms with Crippen molar-refractivity contribution < 1.29 is 18.7 Å². The van der Waals surface area contributed by atoms with Gasteiger partial charge in [0, 0.05) is 43.0 Å². The van der Waals surface area contributed by atoms with Gasteiger partial charge in [-0.05, 0) is 29.1 Å². The molecule has 0 aliphatic carbocycles. The molecule has 0 unspecified atom stereocenters. The van der Waals surface area contributed by atoms with Crippen molar-refractivity contribution in [3.63, 3.8) is 0 Å². The molecule has 3 heterocycles. The number of morpholine rings is 2. The fourth-order valence-corrected chi connectivity index (χ4v) is 5.55. The lowest BCUT2D eigenvalue weighted by Crippen LogP contribution is -2.41. The van der Waals surface area contributed by atoms with Gasteiger partial charge in [-0.3, -0.25) is 9.69 Å². The van der Waals surface area contributed by atoms with Crippen LogP contribution in [0.15, 0.2) is 48.5 Å². The number of halogens is 1. The number of ether oxygens (including phenoxy) is 2. The van der Waals surface area contributed by atoms with Gasteiger partial charge in [0.1, 0.15) is 5.82 Å². The van der Waals surface area contributed by atoms with E-state index in [9.17, 15) is 9.18 Å². The zero-order valence-electron chi connectivity index (χ0n) is 17.3. The van der Waals surface area contributed by atoms with Crippen LogP contribution < -0.4 is 0 Å². The Morgan fingerprint density at radius 3 is 2.61 bits per heavy atom. The molecule has 0 saturated carbocycles. The number of hydrogen-bond acceptors (Lipinski definition) is 5. The van der Waals surface area contributed by atoms with Gasteiger partial charge in [-0.25, -0.2) is 4.39 Å². The van der Waals surface area contributed by atoms with E-state index >= 15 is 0 Å². The third-order valence-electron chi connectivity index (χ3n) is 5.92. The van der Waals surface area contributed by atoms with E-state index in [0.717, 1.165) is 39.2 Å². The Kier molecular flexibility index (Phi) is 6.00. The number of carbonyl (C=O) groups is 1. The summed E-state index contributed by atoms with van der Waals surface area (Å²) in [5.74, 6) is -0.154. The lowest BCUT2D eigenvalue weighted by Gasteiger charge is -2.34. The summed E-state index contributed by atoms with van der Waals surface area (Å²) < 4.78 is 26.0. The van der Waals surface area contributed by atoms with Crippen molar-refractivity contribution >= 4 is 27.3 Å². The summed E-state index contributed by atoms with van der Waals surface area (Å²) in [7, 11) is 0. The van der Waals surface area contributed by atoms with Crippen molar-refractivity contribution in [3.8, 4) is 0 Å². The predicted octanol–water partition coefficient (Wildman–Crippen LogP) is 4.09. The van der Waals surface area contributed by atoms with Crippen LogP contribution in [0.3, 0.4) is 0 Å². The van der Waals surface area contributed by atoms with Crippen LogP contribution in [-0.4, -0.2) is 61.7 Å². The fraction of sp³-hybridized carbons (Fsp3) is 0.375. The van der Waals surface area contributed by atoms with E-state index in [1.54, 1.807) is 11.3 Å². The maximum Gasteiger partial charge on any atom is 0.264 e. The van der Waals surface area contributed by atoms with Gasteiger partial charge < -0.3 is 14.4 Å². The van der Waals surface area contributed by atoms with Crippen molar-refractivity contribution in [2.45, 2.75) is 12.6 Å². The normalized spacial score (nSPS) is 20.3. The standard InChI is InChI=1S/C24H25FN2O3S/c25-18-7-5-17(6-8-18)15-26-9-14-30-20(16-26)22-19-3-1-2-4-21(19)31-23(22)24(28)27-10-12-29-13-11-27/h1-8,20H,9-16H2/t20-/m1/s1. The first-order valence-corrected chi connectivity index (χ1v) is 11.5. The van der Waals surface area contributed by atoms with E-state index in [-0.39, 0.29) is 17.8 Å². The molecule has 162 valence electrons. The van der Waals surface area contributed by atoms with Gasteiger partial charge in [-0.15, -0.1) is 11.3 Å². The van der Waals surface area contributed by atoms with Crippen molar-refractivity contribution in [1.82, 2.24) is 9.80 Å². The minimum absolute atomic E-state index is 0.0683. The highest BCUT2D eigenvalue weighted by Crippen LogP contribution is 2.39. The molecule has 2 aliphatic rings. The smallest absolute Gasteiger partial charge is 0.264 e. The molecular formula is C24H25FN2O3S. The molecule has 1 atom stereocenters. The Labute approximate surface area is 185 Å². The minimum atomic E-state index is -0.223. The fourth-order valence-electron chi connectivity index (χ4n) is 4.32. The highest BCUT2D eigenvalue weighted by Gasteiger charge is 2.31. The van der Waals surface area contributed by atoms with Crippen LogP contribution in [0.4, 0.5) is 4.39 Å². The Bertz CT molecular complexity index is 1060. The summed E-state index contributed by atoms with van der Waals surface area (Å²) in [5.41, 5.74) is 2.07. The average Bonchev–Trinajstić information content (AvgIpc) is 3.20. The predicted molar refractivity (Wildman–Crippen MR) is 119 cm³/mol. The second kappa shape index (κ2) is 9.04. The van der Waals surface area contributed by atoms with Gasteiger partial charge in [0.2, 0.25) is 0 Å². The Morgan fingerprint density at radius 2 is 1.81 bits per heavy atom.